The minimum Gasteiger partial charge on any atom is -0.493 e. The fourth-order valence-corrected chi connectivity index (χ4v) is 5.34. The van der Waals surface area contributed by atoms with Crippen LogP contribution in [0, 0.1) is 0 Å². The van der Waals surface area contributed by atoms with Gasteiger partial charge in [0.15, 0.2) is 16.6 Å². The lowest BCUT2D eigenvalue weighted by Crippen LogP contribution is -2.51. The van der Waals surface area contributed by atoms with E-state index >= 15 is 0 Å². The number of rotatable bonds is 8. The smallest absolute Gasteiger partial charge is 0.169 e. The maximum atomic E-state index is 6.15. The SMILES string of the molecule is [B]c1ccc(CNC(=S)N2CCN(c3ncnc4cc(OCCN5CCCCC5)c(OC)cc34)CC2)cc1. The normalized spacial score (nSPS) is 16.4. The first-order valence-electron chi connectivity index (χ1n) is 13.4. The molecule has 2 radical (unpaired) electrons. The Balaban J connectivity index is 1.20. The average molecular weight is 531 g/mol. The molecule has 0 unspecified atom stereocenters. The summed E-state index contributed by atoms with van der Waals surface area (Å²) >= 11 is 5.67. The highest BCUT2D eigenvalue weighted by Crippen LogP contribution is 2.35. The molecule has 0 amide bonds. The van der Waals surface area contributed by atoms with E-state index in [2.05, 4.69) is 30.0 Å². The first-order chi connectivity index (χ1) is 18.6. The van der Waals surface area contributed by atoms with Crippen LogP contribution in [0.1, 0.15) is 24.8 Å². The Kier molecular flexibility index (Phi) is 8.81. The zero-order valence-corrected chi connectivity index (χ0v) is 22.9. The van der Waals surface area contributed by atoms with E-state index in [1.54, 1.807) is 13.4 Å². The van der Waals surface area contributed by atoms with Crippen molar-refractivity contribution in [2.45, 2.75) is 25.8 Å². The summed E-state index contributed by atoms with van der Waals surface area (Å²) in [6.45, 7) is 7.81. The predicted octanol–water partition coefficient (Wildman–Crippen LogP) is 2.49. The van der Waals surface area contributed by atoms with E-state index < -0.39 is 0 Å². The number of thiocarbonyl (C=S) groups is 1. The Bertz CT molecular complexity index is 1230. The number of fused-ring (bicyclic) bond motifs is 1. The van der Waals surface area contributed by atoms with Crippen molar-refractivity contribution in [2.75, 3.05) is 64.4 Å². The molecule has 3 heterocycles. The summed E-state index contributed by atoms with van der Waals surface area (Å²) in [4.78, 5) is 16.2. The van der Waals surface area contributed by atoms with Gasteiger partial charge in [0.1, 0.15) is 26.6 Å². The van der Waals surface area contributed by atoms with Gasteiger partial charge in [-0.05, 0) is 49.8 Å². The number of likely N-dealkylation sites (tertiary alicyclic amines) is 1. The number of nitrogens with one attached hydrogen (secondary N) is 1. The van der Waals surface area contributed by atoms with Gasteiger partial charge in [0.2, 0.25) is 0 Å². The summed E-state index contributed by atoms with van der Waals surface area (Å²) in [6.07, 6.45) is 5.52. The first kappa shape index (κ1) is 26.5. The van der Waals surface area contributed by atoms with Crippen LogP contribution in [0.5, 0.6) is 11.5 Å². The standard InChI is InChI=1S/C28H35BN6O2S/c1-36-25-17-23-24(18-26(25)37-16-15-33-9-3-2-4-10-33)31-20-32-27(23)34-11-13-35(14-12-34)28(38)30-19-21-5-7-22(29)8-6-21/h5-8,17-18,20H,2-4,9-16,19H2,1H3,(H,30,38). The van der Waals surface area contributed by atoms with E-state index in [0.717, 1.165) is 84.4 Å². The maximum absolute atomic E-state index is 6.15. The average Bonchev–Trinajstić information content (AvgIpc) is 2.96. The van der Waals surface area contributed by atoms with Gasteiger partial charge >= 0.3 is 0 Å². The van der Waals surface area contributed by atoms with Gasteiger partial charge in [-0.1, -0.05) is 36.1 Å². The van der Waals surface area contributed by atoms with Gasteiger partial charge in [-0.3, -0.25) is 4.90 Å². The molecular formula is C28H35BN6O2S. The van der Waals surface area contributed by atoms with Crippen LogP contribution in [0.3, 0.4) is 0 Å². The zero-order chi connectivity index (χ0) is 26.3. The summed E-state index contributed by atoms with van der Waals surface area (Å²) < 4.78 is 11.9. The van der Waals surface area contributed by atoms with Crippen molar-refractivity contribution in [1.29, 1.82) is 0 Å². The molecule has 0 atom stereocenters. The number of hydrogen-bond donors (Lipinski definition) is 1. The van der Waals surface area contributed by atoms with Crippen LogP contribution in [0.15, 0.2) is 42.7 Å². The molecule has 1 N–H and O–H groups in total. The summed E-state index contributed by atoms with van der Waals surface area (Å²) in [7, 11) is 7.46. The van der Waals surface area contributed by atoms with Gasteiger partial charge < -0.3 is 24.6 Å². The molecule has 0 saturated carbocycles. The lowest BCUT2D eigenvalue weighted by atomic mass is 9.95. The molecule has 2 fully saturated rings. The molecule has 8 nitrogen and oxygen atoms in total. The van der Waals surface area contributed by atoms with Gasteiger partial charge in [-0.25, -0.2) is 9.97 Å². The number of ether oxygens (including phenoxy) is 2. The van der Waals surface area contributed by atoms with Crippen LogP contribution < -0.4 is 25.2 Å². The Morgan fingerprint density at radius 2 is 1.74 bits per heavy atom. The molecule has 0 bridgehead atoms. The maximum Gasteiger partial charge on any atom is 0.169 e. The number of piperazine rings is 1. The summed E-state index contributed by atoms with van der Waals surface area (Å²) in [5.41, 5.74) is 2.77. The van der Waals surface area contributed by atoms with Gasteiger partial charge in [0.05, 0.1) is 12.6 Å². The highest BCUT2D eigenvalue weighted by Gasteiger charge is 2.22. The molecular weight excluding hydrogens is 495 g/mol. The molecule has 10 heteroatoms. The third-order valence-corrected chi connectivity index (χ3v) is 7.71. The molecule has 2 aromatic carbocycles. The molecule has 3 aromatic rings. The Labute approximate surface area is 231 Å². The fourth-order valence-electron chi connectivity index (χ4n) is 5.09. The summed E-state index contributed by atoms with van der Waals surface area (Å²) in [5, 5.41) is 5.10. The highest BCUT2D eigenvalue weighted by molar-refractivity contribution is 7.80. The van der Waals surface area contributed by atoms with Crippen molar-refractivity contribution >= 4 is 47.4 Å². The molecule has 2 aliphatic heterocycles. The van der Waals surface area contributed by atoms with Crippen molar-refractivity contribution in [3.8, 4) is 11.5 Å². The third kappa shape index (κ3) is 6.47. The number of methoxy groups -OCH3 is 1. The Morgan fingerprint density at radius 1 is 0.974 bits per heavy atom. The summed E-state index contributed by atoms with van der Waals surface area (Å²) in [6, 6.07) is 11.8. The van der Waals surface area contributed by atoms with Gasteiger partial charge in [0.25, 0.3) is 0 Å². The second kappa shape index (κ2) is 12.6. The van der Waals surface area contributed by atoms with Crippen LogP contribution in [-0.4, -0.2) is 92.3 Å². The minimum absolute atomic E-state index is 0.633. The largest absolute Gasteiger partial charge is 0.493 e. The van der Waals surface area contributed by atoms with Crippen molar-refractivity contribution < 1.29 is 9.47 Å². The van der Waals surface area contributed by atoms with E-state index in [4.69, 9.17) is 29.5 Å². The quantitative estimate of drug-likeness (QED) is 0.350. The number of hydrogen-bond acceptors (Lipinski definition) is 7. The number of aromatic nitrogens is 2. The lowest BCUT2D eigenvalue weighted by molar-refractivity contribution is 0.181. The second-order valence-electron chi connectivity index (χ2n) is 9.84. The van der Waals surface area contributed by atoms with Crippen molar-refractivity contribution in [3.63, 3.8) is 0 Å². The monoisotopic (exact) mass is 530 g/mol. The van der Waals surface area contributed by atoms with E-state index in [9.17, 15) is 0 Å². The van der Waals surface area contributed by atoms with Crippen LogP contribution in [0.2, 0.25) is 0 Å². The van der Waals surface area contributed by atoms with E-state index in [1.165, 1.54) is 19.3 Å². The lowest BCUT2D eigenvalue weighted by Gasteiger charge is -2.37. The third-order valence-electron chi connectivity index (χ3n) is 7.30. The van der Waals surface area contributed by atoms with Crippen LogP contribution in [-0.2, 0) is 6.54 Å². The molecule has 5 rings (SSSR count). The fraction of sp³-hybridized carbons (Fsp3) is 0.464. The number of nitrogens with zero attached hydrogens (tertiary/aromatic N) is 5. The van der Waals surface area contributed by atoms with Gasteiger partial charge in [-0.15, -0.1) is 0 Å². The topological polar surface area (TPSA) is 66.0 Å². The Hall–Kier alpha value is -3.11. The van der Waals surface area contributed by atoms with Crippen molar-refractivity contribution in [3.05, 3.63) is 48.3 Å². The van der Waals surface area contributed by atoms with E-state index in [0.29, 0.717) is 18.9 Å². The highest BCUT2D eigenvalue weighted by atomic mass is 32.1. The number of piperidine rings is 1. The Morgan fingerprint density at radius 3 is 2.47 bits per heavy atom. The number of anilines is 1. The van der Waals surface area contributed by atoms with Gasteiger partial charge in [0, 0.05) is 50.7 Å². The molecule has 38 heavy (non-hydrogen) atoms. The second-order valence-corrected chi connectivity index (χ2v) is 10.2. The minimum atomic E-state index is 0.633. The van der Waals surface area contributed by atoms with Gasteiger partial charge in [-0.2, -0.15) is 0 Å². The summed E-state index contributed by atoms with van der Waals surface area (Å²) in [5.74, 6) is 2.34. The molecule has 2 saturated heterocycles. The van der Waals surface area contributed by atoms with Crippen molar-refractivity contribution in [2.24, 2.45) is 0 Å². The van der Waals surface area contributed by atoms with E-state index in [1.807, 2.05) is 36.4 Å². The zero-order valence-electron chi connectivity index (χ0n) is 22.1. The molecule has 198 valence electrons. The van der Waals surface area contributed by atoms with Crippen molar-refractivity contribution in [1.82, 2.24) is 25.1 Å². The predicted molar refractivity (Wildman–Crippen MR) is 157 cm³/mol. The molecule has 1 aromatic heterocycles. The van der Waals surface area contributed by atoms with Crippen LogP contribution in [0.25, 0.3) is 10.9 Å². The molecule has 0 spiro atoms. The van der Waals surface area contributed by atoms with E-state index in [-0.39, 0.29) is 0 Å². The van der Waals surface area contributed by atoms with Crippen LogP contribution in [0.4, 0.5) is 5.82 Å². The first-order valence-corrected chi connectivity index (χ1v) is 13.8. The molecule has 2 aliphatic rings. The van der Waals surface area contributed by atoms with Crippen LogP contribution >= 0.6 is 12.2 Å². The molecule has 0 aliphatic carbocycles. The number of benzene rings is 2.